The number of carbonyl (C=O) groups is 1. The maximum Gasteiger partial charge on any atom is 0.302 e. The number of esters is 1. The molecule has 18 heavy (non-hydrogen) atoms. The highest BCUT2D eigenvalue weighted by atomic mass is 16.5. The van der Waals surface area contributed by atoms with Crippen LogP contribution < -0.4 is 0 Å². The van der Waals surface area contributed by atoms with Crippen molar-refractivity contribution in [2.75, 3.05) is 13.2 Å². The average Bonchev–Trinajstić information content (AvgIpc) is 2.32. The van der Waals surface area contributed by atoms with Gasteiger partial charge in [-0.2, -0.15) is 0 Å². The minimum Gasteiger partial charge on any atom is -0.466 e. The van der Waals surface area contributed by atoms with Crippen molar-refractivity contribution >= 4 is 5.97 Å². The molecule has 0 N–H and O–H groups in total. The van der Waals surface area contributed by atoms with Gasteiger partial charge in [0.25, 0.3) is 0 Å². The summed E-state index contributed by atoms with van der Waals surface area (Å²) in [6, 6.07) is 10.2. The Balaban J connectivity index is 1.54. The van der Waals surface area contributed by atoms with E-state index in [2.05, 4.69) is 12.1 Å². The van der Waals surface area contributed by atoms with Crippen molar-refractivity contribution in [2.45, 2.75) is 26.4 Å². The molecule has 1 saturated carbocycles. The molecule has 0 heterocycles. The monoisotopic (exact) mass is 248 g/mol. The summed E-state index contributed by atoms with van der Waals surface area (Å²) in [6.45, 7) is 3.53. The molecule has 98 valence electrons. The Labute approximate surface area is 108 Å². The van der Waals surface area contributed by atoms with Crippen LogP contribution in [0, 0.1) is 11.8 Å². The Kier molecular flexibility index (Phi) is 4.76. The quantitative estimate of drug-likeness (QED) is 0.726. The lowest BCUT2D eigenvalue weighted by molar-refractivity contribution is -0.144. The van der Waals surface area contributed by atoms with Gasteiger partial charge < -0.3 is 9.47 Å². The first-order valence-electron chi connectivity index (χ1n) is 6.49. The molecule has 2 rings (SSSR count). The third-order valence-corrected chi connectivity index (χ3v) is 3.32. The maximum atomic E-state index is 10.7. The van der Waals surface area contributed by atoms with Crippen LogP contribution in [0.25, 0.3) is 0 Å². The van der Waals surface area contributed by atoms with Crippen LogP contribution in [0.15, 0.2) is 30.3 Å². The van der Waals surface area contributed by atoms with Crippen LogP contribution in [0.1, 0.15) is 25.3 Å². The molecule has 0 spiro atoms. The largest absolute Gasteiger partial charge is 0.466 e. The summed E-state index contributed by atoms with van der Waals surface area (Å²) in [4.78, 5) is 10.7. The summed E-state index contributed by atoms with van der Waals surface area (Å²) < 4.78 is 10.7. The number of hydrogen-bond donors (Lipinski definition) is 0. The Hall–Kier alpha value is -1.35. The number of ether oxygens (including phenoxy) is 2. The van der Waals surface area contributed by atoms with Crippen LogP contribution in [0.5, 0.6) is 0 Å². The summed E-state index contributed by atoms with van der Waals surface area (Å²) in [5.41, 5.74) is 1.22. The molecule has 0 aromatic heterocycles. The van der Waals surface area contributed by atoms with Crippen LogP contribution in [-0.4, -0.2) is 19.2 Å². The summed E-state index contributed by atoms with van der Waals surface area (Å²) in [6.07, 6.45) is 2.23. The zero-order valence-electron chi connectivity index (χ0n) is 10.8. The lowest BCUT2D eigenvalue weighted by atomic mass is 9.76. The lowest BCUT2D eigenvalue weighted by Crippen LogP contribution is -2.31. The fourth-order valence-corrected chi connectivity index (χ4v) is 2.30. The number of benzene rings is 1. The van der Waals surface area contributed by atoms with Crippen molar-refractivity contribution in [3.8, 4) is 0 Å². The van der Waals surface area contributed by atoms with E-state index in [0.717, 1.165) is 19.4 Å². The molecule has 0 bridgehead atoms. The standard InChI is InChI=1S/C15H20O3/c1-12(16)18-11-15-7-14(8-15)10-17-9-13-5-3-2-4-6-13/h2-6,14-15H,7-11H2,1H3. The van der Waals surface area contributed by atoms with Gasteiger partial charge in [-0.3, -0.25) is 4.79 Å². The van der Waals surface area contributed by atoms with Gasteiger partial charge in [-0.25, -0.2) is 0 Å². The minimum atomic E-state index is -0.182. The first kappa shape index (κ1) is 13.1. The highest BCUT2D eigenvalue weighted by molar-refractivity contribution is 5.65. The topological polar surface area (TPSA) is 35.5 Å². The summed E-state index contributed by atoms with van der Waals surface area (Å²) in [5, 5.41) is 0. The normalized spacial score (nSPS) is 22.3. The molecular weight excluding hydrogens is 228 g/mol. The zero-order chi connectivity index (χ0) is 12.8. The first-order chi connectivity index (χ1) is 8.74. The van der Waals surface area contributed by atoms with Gasteiger partial charge in [-0.1, -0.05) is 30.3 Å². The van der Waals surface area contributed by atoms with Crippen molar-refractivity contribution in [3.63, 3.8) is 0 Å². The molecule has 0 atom stereocenters. The lowest BCUT2D eigenvalue weighted by Gasteiger charge is -2.34. The SMILES string of the molecule is CC(=O)OCC1CC(COCc2ccccc2)C1. The molecule has 1 fully saturated rings. The van der Waals surface area contributed by atoms with Crippen molar-refractivity contribution in [1.82, 2.24) is 0 Å². The van der Waals surface area contributed by atoms with Gasteiger partial charge >= 0.3 is 5.97 Å². The Morgan fingerprint density at radius 3 is 2.50 bits per heavy atom. The average molecular weight is 248 g/mol. The van der Waals surface area contributed by atoms with Gasteiger partial charge in [-0.05, 0) is 30.2 Å². The van der Waals surface area contributed by atoms with Crippen molar-refractivity contribution in [3.05, 3.63) is 35.9 Å². The highest BCUT2D eigenvalue weighted by Crippen LogP contribution is 2.34. The van der Waals surface area contributed by atoms with Crippen LogP contribution in [0.4, 0.5) is 0 Å². The molecule has 1 aromatic rings. The number of rotatable bonds is 6. The van der Waals surface area contributed by atoms with E-state index >= 15 is 0 Å². The molecule has 1 aliphatic carbocycles. The smallest absolute Gasteiger partial charge is 0.302 e. The van der Waals surface area contributed by atoms with E-state index in [1.807, 2.05) is 18.2 Å². The summed E-state index contributed by atoms with van der Waals surface area (Å²) >= 11 is 0. The summed E-state index contributed by atoms with van der Waals surface area (Å²) in [5.74, 6) is 0.993. The van der Waals surface area contributed by atoms with E-state index in [9.17, 15) is 4.79 Å². The minimum absolute atomic E-state index is 0.182. The van der Waals surface area contributed by atoms with E-state index in [0.29, 0.717) is 25.0 Å². The second-order valence-corrected chi connectivity index (χ2v) is 5.01. The van der Waals surface area contributed by atoms with E-state index in [-0.39, 0.29) is 5.97 Å². The van der Waals surface area contributed by atoms with Crippen LogP contribution in [0.3, 0.4) is 0 Å². The van der Waals surface area contributed by atoms with Gasteiger partial charge in [0.05, 0.1) is 13.2 Å². The van der Waals surface area contributed by atoms with Crippen LogP contribution >= 0.6 is 0 Å². The summed E-state index contributed by atoms with van der Waals surface area (Å²) in [7, 11) is 0. The molecule has 3 nitrogen and oxygen atoms in total. The van der Waals surface area contributed by atoms with Crippen LogP contribution in [-0.2, 0) is 20.9 Å². The van der Waals surface area contributed by atoms with Crippen molar-refractivity contribution < 1.29 is 14.3 Å². The highest BCUT2D eigenvalue weighted by Gasteiger charge is 2.29. The third-order valence-electron chi connectivity index (χ3n) is 3.32. The predicted octanol–water partition coefficient (Wildman–Crippen LogP) is 2.79. The Bertz CT molecular complexity index is 369. The third kappa shape index (κ3) is 4.15. The molecular formula is C15H20O3. The van der Waals surface area contributed by atoms with Crippen LogP contribution in [0.2, 0.25) is 0 Å². The van der Waals surface area contributed by atoms with E-state index < -0.39 is 0 Å². The van der Waals surface area contributed by atoms with Gasteiger partial charge in [0, 0.05) is 13.5 Å². The molecule has 0 aliphatic heterocycles. The molecule has 3 heteroatoms. The second kappa shape index (κ2) is 6.55. The van der Waals surface area contributed by atoms with Crippen molar-refractivity contribution in [1.29, 1.82) is 0 Å². The van der Waals surface area contributed by atoms with E-state index in [4.69, 9.17) is 9.47 Å². The molecule has 0 saturated heterocycles. The molecule has 0 radical (unpaired) electrons. The molecule has 0 unspecified atom stereocenters. The number of hydrogen-bond acceptors (Lipinski definition) is 3. The van der Waals surface area contributed by atoms with Gasteiger partial charge in [0.1, 0.15) is 0 Å². The zero-order valence-corrected chi connectivity index (χ0v) is 10.8. The Morgan fingerprint density at radius 1 is 1.17 bits per heavy atom. The van der Waals surface area contributed by atoms with Gasteiger partial charge in [0.2, 0.25) is 0 Å². The Morgan fingerprint density at radius 2 is 1.83 bits per heavy atom. The fourth-order valence-electron chi connectivity index (χ4n) is 2.30. The molecule has 1 aromatic carbocycles. The predicted molar refractivity (Wildman–Crippen MR) is 68.9 cm³/mol. The first-order valence-corrected chi connectivity index (χ1v) is 6.49. The van der Waals surface area contributed by atoms with E-state index in [1.54, 1.807) is 0 Å². The van der Waals surface area contributed by atoms with E-state index in [1.165, 1.54) is 12.5 Å². The number of carbonyl (C=O) groups excluding carboxylic acids is 1. The second-order valence-electron chi connectivity index (χ2n) is 5.01. The van der Waals surface area contributed by atoms with Gasteiger partial charge in [0.15, 0.2) is 0 Å². The van der Waals surface area contributed by atoms with Crippen molar-refractivity contribution in [2.24, 2.45) is 11.8 Å². The molecule has 0 amide bonds. The van der Waals surface area contributed by atoms with Gasteiger partial charge in [-0.15, -0.1) is 0 Å². The fraction of sp³-hybridized carbons (Fsp3) is 0.533. The molecule has 1 aliphatic rings. The maximum absolute atomic E-state index is 10.7.